The quantitative estimate of drug-likeness (QED) is 0.121. The molecule has 11 rings (SSSR count). The van der Waals surface area contributed by atoms with Gasteiger partial charge in [-0.3, -0.25) is 15.0 Å². The Morgan fingerprint density at radius 1 is 0.405 bits per heavy atom. The molecule has 0 atom stereocenters. The van der Waals surface area contributed by atoms with E-state index in [0.29, 0.717) is 11.8 Å². The number of para-hydroxylation sites is 1. The number of rotatable bonds is 11. The van der Waals surface area contributed by atoms with Gasteiger partial charge in [-0.15, -0.1) is 0 Å². The maximum atomic E-state index is 6.45. The van der Waals surface area contributed by atoms with E-state index < -0.39 is 8.07 Å². The molecule has 4 aromatic heterocycles. The van der Waals surface area contributed by atoms with Gasteiger partial charge in [0.1, 0.15) is 11.2 Å². The van der Waals surface area contributed by atoms with E-state index in [1.54, 1.807) is 0 Å². The molecule has 0 N–H and O–H groups in total. The van der Waals surface area contributed by atoms with Crippen LogP contribution in [0.3, 0.4) is 0 Å². The summed E-state index contributed by atoms with van der Waals surface area (Å²) in [5.74, 6) is 1.36. The van der Waals surface area contributed by atoms with E-state index in [-0.39, 0.29) is 20.1 Å². The first kappa shape index (κ1) is 53.0. The Hall–Kier alpha value is -7.34. The largest absolute Gasteiger partial charge is 0.455 e. The van der Waals surface area contributed by atoms with E-state index in [1.807, 2.05) is 42.7 Å². The van der Waals surface area contributed by atoms with Crippen LogP contribution in [0.2, 0.25) is 19.6 Å². The van der Waals surface area contributed by atoms with Crippen LogP contribution in [0, 0.1) is 11.8 Å². The van der Waals surface area contributed by atoms with Gasteiger partial charge < -0.3 is 4.42 Å². The van der Waals surface area contributed by atoms with Crippen LogP contribution in [0.4, 0.5) is 0 Å². The van der Waals surface area contributed by atoms with E-state index in [0.717, 1.165) is 63.0 Å². The first-order valence-corrected chi connectivity index (χ1v) is 29.2. The molecule has 0 aliphatic carbocycles. The van der Waals surface area contributed by atoms with Crippen molar-refractivity contribution in [2.24, 2.45) is 11.8 Å². The summed E-state index contributed by atoms with van der Waals surface area (Å²) in [7, 11) is -1.33. The van der Waals surface area contributed by atoms with E-state index in [9.17, 15) is 0 Å². The van der Waals surface area contributed by atoms with Crippen LogP contribution in [-0.4, -0.2) is 23.0 Å². The summed E-state index contributed by atoms with van der Waals surface area (Å²) in [4.78, 5) is 13.8. The molecule has 0 fully saturated rings. The number of fused-ring (bicyclic) bond motifs is 3. The summed E-state index contributed by atoms with van der Waals surface area (Å²) in [5.41, 5.74) is 18.2. The molecule has 0 saturated heterocycles. The van der Waals surface area contributed by atoms with Crippen molar-refractivity contribution in [3.63, 3.8) is 0 Å². The van der Waals surface area contributed by atoms with E-state index in [1.165, 1.54) is 55.3 Å². The van der Waals surface area contributed by atoms with Crippen molar-refractivity contribution in [2.75, 3.05) is 0 Å². The summed E-state index contributed by atoms with van der Waals surface area (Å²) < 4.78 is 6.45. The predicted octanol–water partition coefficient (Wildman–Crippen LogP) is 18.1. The summed E-state index contributed by atoms with van der Waals surface area (Å²) in [6, 6.07) is 73.9. The Balaban J connectivity index is 0.000000166. The van der Waals surface area contributed by atoms with Gasteiger partial charge in [-0.05, 0) is 123 Å². The van der Waals surface area contributed by atoms with Crippen LogP contribution in [0.1, 0.15) is 38.8 Å². The number of benzene rings is 7. The van der Waals surface area contributed by atoms with Crippen LogP contribution in [0.25, 0.3) is 89.1 Å². The molecule has 7 aromatic carbocycles. The smallest absolute Gasteiger partial charge is 0.144 e. The molecule has 74 heavy (non-hydrogen) atoms. The zero-order valence-corrected chi connectivity index (χ0v) is 47.0. The Kier molecular flexibility index (Phi) is 17.6. The monoisotopic (exact) mass is 1160 g/mol. The fourth-order valence-electron chi connectivity index (χ4n) is 9.55. The van der Waals surface area contributed by atoms with Crippen molar-refractivity contribution in [3.8, 4) is 67.2 Å². The molecule has 0 amide bonds. The minimum absolute atomic E-state index is 0. The van der Waals surface area contributed by atoms with Crippen molar-refractivity contribution in [1.82, 2.24) is 15.0 Å². The minimum atomic E-state index is -1.33. The number of aromatic nitrogens is 3. The maximum Gasteiger partial charge on any atom is 0.144 e. The molecular formula is C68H65IrN3OSi. The summed E-state index contributed by atoms with van der Waals surface area (Å²) in [6.07, 6.45) is 8.16. The fourth-order valence-corrected chi connectivity index (χ4v) is 11.1. The first-order chi connectivity index (χ1) is 35.5. The number of hydrogen-bond donors (Lipinski definition) is 0. The van der Waals surface area contributed by atoms with Crippen molar-refractivity contribution >= 4 is 35.2 Å². The van der Waals surface area contributed by atoms with Crippen molar-refractivity contribution in [2.45, 2.75) is 60.2 Å². The third kappa shape index (κ3) is 13.1. The van der Waals surface area contributed by atoms with Gasteiger partial charge in [-0.25, -0.2) is 0 Å². The molecule has 4 nitrogen and oxygen atoms in total. The van der Waals surface area contributed by atoms with Gasteiger partial charge in [-0.2, -0.15) is 0 Å². The van der Waals surface area contributed by atoms with Gasteiger partial charge in [0, 0.05) is 66.2 Å². The number of hydrogen-bond acceptors (Lipinski definition) is 4. The molecule has 371 valence electrons. The molecular weight excluding hydrogens is 1100 g/mol. The molecule has 0 bridgehead atoms. The average Bonchev–Trinajstić information content (AvgIpc) is 3.80. The molecule has 0 aliphatic rings. The van der Waals surface area contributed by atoms with Crippen molar-refractivity contribution in [3.05, 3.63) is 242 Å². The molecule has 6 heteroatoms. The van der Waals surface area contributed by atoms with Gasteiger partial charge in [0.2, 0.25) is 0 Å². The predicted molar refractivity (Wildman–Crippen MR) is 313 cm³/mol. The summed E-state index contributed by atoms with van der Waals surface area (Å²) >= 11 is 0. The van der Waals surface area contributed by atoms with Crippen LogP contribution in [0.15, 0.2) is 235 Å². The van der Waals surface area contributed by atoms with Crippen LogP contribution in [0.5, 0.6) is 0 Å². The second kappa shape index (κ2) is 24.6. The van der Waals surface area contributed by atoms with Gasteiger partial charge in [0.25, 0.3) is 0 Å². The Morgan fingerprint density at radius 3 is 1.54 bits per heavy atom. The van der Waals surface area contributed by atoms with Crippen molar-refractivity contribution < 1.29 is 24.5 Å². The summed E-state index contributed by atoms with van der Waals surface area (Å²) in [5, 5.41) is 3.71. The second-order valence-corrected chi connectivity index (χ2v) is 25.7. The molecule has 4 heterocycles. The number of furan rings is 1. The third-order valence-corrected chi connectivity index (χ3v) is 15.1. The summed E-state index contributed by atoms with van der Waals surface area (Å²) in [6.45, 7) is 16.3. The SMILES string of the molecule is CC(C)Cc1cc(-c2ccccc2)ncc1[Si](C)(C)C.CC(C)Cc1ccnc(-c2ccccc2)c1.[Ir].c1ccc(-c2ccnc(-c3cccc4c3oc3ccc(-c5ccccc5-c5ccccc5)cc34)c2)cc1. The Labute approximate surface area is 453 Å². The maximum absolute atomic E-state index is 6.45. The molecule has 0 spiro atoms. The van der Waals surface area contributed by atoms with Crippen LogP contribution < -0.4 is 5.19 Å². The third-order valence-electron chi connectivity index (χ3n) is 13.0. The average molecular weight is 1160 g/mol. The standard InChI is InChI=1S/C35H23NO.C18H25NSi.C15H17N.Ir/c1-3-10-24(11-4-1)26-20-21-36-33(23-26)31-17-9-16-30-32-22-27(18-19-34(32)37-35(30)31)29-15-8-7-14-28(29)25-12-5-2-6-13-25;1-14(2)11-16-12-17(15-9-7-6-8-10-15)19-13-18(16)20(3,4)5;1-12(2)10-13-8-9-16-15(11-13)14-6-4-3-5-7-14;/h1-23H;6-10,12-14H,11H2,1-5H3;3-9,11-12H,10H2,1-2H3;. The van der Waals surface area contributed by atoms with Gasteiger partial charge in [-0.1, -0.05) is 211 Å². The number of nitrogens with zero attached hydrogens (tertiary/aromatic N) is 3. The molecule has 1 radical (unpaired) electrons. The first-order valence-electron chi connectivity index (χ1n) is 25.7. The van der Waals surface area contributed by atoms with Gasteiger partial charge in [0.15, 0.2) is 0 Å². The molecule has 0 unspecified atom stereocenters. The zero-order valence-electron chi connectivity index (χ0n) is 43.6. The molecule has 0 saturated carbocycles. The van der Waals surface area contributed by atoms with E-state index >= 15 is 0 Å². The normalized spacial score (nSPS) is 11.1. The van der Waals surface area contributed by atoms with E-state index in [2.05, 4.69) is 241 Å². The fraction of sp³-hybridized carbons (Fsp3) is 0.162. The van der Waals surface area contributed by atoms with Gasteiger partial charge >= 0.3 is 0 Å². The Morgan fingerprint density at radius 2 is 0.932 bits per heavy atom. The number of pyridine rings is 3. The van der Waals surface area contributed by atoms with Crippen molar-refractivity contribution in [1.29, 1.82) is 0 Å². The van der Waals surface area contributed by atoms with Gasteiger partial charge in [0.05, 0.1) is 25.2 Å². The minimum Gasteiger partial charge on any atom is -0.455 e. The van der Waals surface area contributed by atoms with E-state index in [4.69, 9.17) is 14.4 Å². The second-order valence-electron chi connectivity index (χ2n) is 20.7. The topological polar surface area (TPSA) is 51.8 Å². The molecule has 0 aliphatic heterocycles. The zero-order chi connectivity index (χ0) is 50.7. The van der Waals surface area contributed by atoms with Crippen LogP contribution >= 0.6 is 0 Å². The Bertz CT molecular complexity index is 3550. The molecule has 11 aromatic rings. The van der Waals surface area contributed by atoms with Crippen LogP contribution in [-0.2, 0) is 32.9 Å².